The van der Waals surface area contributed by atoms with Crippen LogP contribution in [0.15, 0.2) is 6.20 Å². The minimum atomic E-state index is -3.07. The van der Waals surface area contributed by atoms with Gasteiger partial charge in [0.1, 0.15) is 0 Å². The molecule has 0 saturated heterocycles. The summed E-state index contributed by atoms with van der Waals surface area (Å²) in [5.41, 5.74) is 1.86. The first-order chi connectivity index (χ1) is 7.15. The summed E-state index contributed by atoms with van der Waals surface area (Å²) in [5, 5.41) is 7.20. The predicted molar refractivity (Wildman–Crippen MR) is 65.4 cm³/mol. The zero-order valence-electron chi connectivity index (χ0n) is 10.4. The average Bonchev–Trinajstić information content (AvgIpc) is 2.43. The average molecular weight is 245 g/mol. The van der Waals surface area contributed by atoms with E-state index in [0.29, 0.717) is 6.54 Å². The van der Waals surface area contributed by atoms with Crippen LogP contribution in [0, 0.1) is 6.92 Å². The smallest absolute Gasteiger partial charge is 0.154 e. The molecule has 0 unspecified atom stereocenters. The second-order valence-corrected chi connectivity index (χ2v) is 7.30. The molecule has 0 radical (unpaired) electrons. The number of aromatic nitrogens is 2. The van der Waals surface area contributed by atoms with Crippen LogP contribution < -0.4 is 5.32 Å². The Morgan fingerprint density at radius 3 is 2.44 bits per heavy atom. The molecular formula is C10H19N3O2S. The van der Waals surface area contributed by atoms with E-state index in [1.54, 1.807) is 24.7 Å². The number of hydrogen-bond donors (Lipinski definition) is 1. The molecular weight excluding hydrogens is 226 g/mol. The molecule has 0 bridgehead atoms. The molecule has 1 rings (SSSR count). The van der Waals surface area contributed by atoms with Gasteiger partial charge >= 0.3 is 0 Å². The highest BCUT2D eigenvalue weighted by atomic mass is 32.2. The van der Waals surface area contributed by atoms with Gasteiger partial charge in [-0.2, -0.15) is 5.10 Å². The van der Waals surface area contributed by atoms with Gasteiger partial charge in [-0.3, -0.25) is 4.68 Å². The summed E-state index contributed by atoms with van der Waals surface area (Å²) in [7, 11) is -1.22. The van der Waals surface area contributed by atoms with Gasteiger partial charge in [-0.05, 0) is 20.8 Å². The highest BCUT2D eigenvalue weighted by molar-refractivity contribution is 7.92. The molecule has 1 aromatic heterocycles. The quantitative estimate of drug-likeness (QED) is 0.858. The van der Waals surface area contributed by atoms with Crippen LogP contribution in [0.25, 0.3) is 0 Å². The molecule has 0 aliphatic carbocycles. The van der Waals surface area contributed by atoms with Crippen molar-refractivity contribution in [3.8, 4) is 0 Å². The maximum Gasteiger partial charge on any atom is 0.154 e. The Morgan fingerprint density at radius 2 is 2.06 bits per heavy atom. The normalized spacial score (nSPS) is 12.8. The van der Waals surface area contributed by atoms with Crippen LogP contribution in [0.3, 0.4) is 0 Å². The Hall–Kier alpha value is -1.04. The fourth-order valence-electron chi connectivity index (χ4n) is 1.11. The lowest BCUT2D eigenvalue weighted by Crippen LogP contribution is -2.38. The first-order valence-electron chi connectivity index (χ1n) is 5.07. The summed E-state index contributed by atoms with van der Waals surface area (Å²) in [5.74, 6) is 0. The van der Waals surface area contributed by atoms with Crippen molar-refractivity contribution in [3.05, 3.63) is 11.9 Å². The number of anilines is 1. The number of sulfone groups is 1. The minimum Gasteiger partial charge on any atom is -0.381 e. The van der Waals surface area contributed by atoms with Crippen LogP contribution in [-0.2, 0) is 16.9 Å². The molecule has 1 N–H and O–H groups in total. The summed E-state index contributed by atoms with van der Waals surface area (Å²) >= 11 is 0. The van der Waals surface area contributed by atoms with Crippen molar-refractivity contribution >= 4 is 15.5 Å². The molecule has 0 amide bonds. The Balaban J connectivity index is 2.76. The highest BCUT2D eigenvalue weighted by Gasteiger charge is 2.30. The topological polar surface area (TPSA) is 64.0 Å². The lowest BCUT2D eigenvalue weighted by Gasteiger charge is -2.23. The van der Waals surface area contributed by atoms with Gasteiger partial charge in [0.05, 0.1) is 22.3 Å². The SMILES string of the molecule is Cc1c(NCC(C)(C)S(C)(=O)=O)cnn1C. The van der Waals surface area contributed by atoms with Crippen LogP contribution in [0.4, 0.5) is 5.69 Å². The van der Waals surface area contributed by atoms with Gasteiger partial charge in [0.15, 0.2) is 9.84 Å². The molecule has 92 valence electrons. The minimum absolute atomic E-state index is 0.373. The molecule has 16 heavy (non-hydrogen) atoms. The number of nitrogens with zero attached hydrogens (tertiary/aromatic N) is 2. The Bertz CT molecular complexity index is 474. The number of rotatable bonds is 4. The van der Waals surface area contributed by atoms with E-state index in [4.69, 9.17) is 0 Å². The van der Waals surface area contributed by atoms with Gasteiger partial charge in [0.2, 0.25) is 0 Å². The molecule has 0 spiro atoms. The van der Waals surface area contributed by atoms with Crippen molar-refractivity contribution in [2.24, 2.45) is 7.05 Å². The lowest BCUT2D eigenvalue weighted by atomic mass is 10.2. The van der Waals surface area contributed by atoms with Gasteiger partial charge in [-0.15, -0.1) is 0 Å². The maximum absolute atomic E-state index is 11.5. The van der Waals surface area contributed by atoms with Gasteiger partial charge in [0.25, 0.3) is 0 Å². The molecule has 1 heterocycles. The Labute approximate surface area is 96.8 Å². The van der Waals surface area contributed by atoms with Gasteiger partial charge in [-0.1, -0.05) is 0 Å². The fourth-order valence-corrected chi connectivity index (χ4v) is 1.45. The molecule has 0 fully saturated rings. The third-order valence-electron chi connectivity index (χ3n) is 2.94. The Kier molecular flexibility index (Phi) is 3.33. The second-order valence-electron chi connectivity index (χ2n) is 4.65. The number of nitrogens with one attached hydrogen (secondary N) is 1. The lowest BCUT2D eigenvalue weighted by molar-refractivity contribution is 0.560. The molecule has 0 saturated carbocycles. The largest absolute Gasteiger partial charge is 0.381 e. The van der Waals surface area contributed by atoms with Gasteiger partial charge in [0, 0.05) is 19.8 Å². The van der Waals surface area contributed by atoms with Crippen LogP contribution >= 0.6 is 0 Å². The third-order valence-corrected chi connectivity index (χ3v) is 5.10. The molecule has 0 aliphatic heterocycles. The first kappa shape index (κ1) is 13.0. The van der Waals surface area contributed by atoms with E-state index in [1.807, 2.05) is 14.0 Å². The van der Waals surface area contributed by atoms with Crippen LogP contribution in [0.1, 0.15) is 19.5 Å². The summed E-state index contributed by atoms with van der Waals surface area (Å²) in [6.07, 6.45) is 2.96. The summed E-state index contributed by atoms with van der Waals surface area (Å²) in [6, 6.07) is 0. The van der Waals surface area contributed by atoms with Crippen molar-refractivity contribution in [2.45, 2.75) is 25.5 Å². The molecule has 6 heteroatoms. The van der Waals surface area contributed by atoms with Crippen molar-refractivity contribution in [1.82, 2.24) is 9.78 Å². The number of hydrogen-bond acceptors (Lipinski definition) is 4. The van der Waals surface area contributed by atoms with E-state index < -0.39 is 14.6 Å². The van der Waals surface area contributed by atoms with E-state index in [2.05, 4.69) is 10.4 Å². The van der Waals surface area contributed by atoms with E-state index in [1.165, 1.54) is 6.26 Å². The van der Waals surface area contributed by atoms with Gasteiger partial charge in [-0.25, -0.2) is 8.42 Å². The van der Waals surface area contributed by atoms with Gasteiger partial charge < -0.3 is 5.32 Å². The molecule has 0 atom stereocenters. The zero-order chi connectivity index (χ0) is 12.6. The van der Waals surface area contributed by atoms with Crippen molar-refractivity contribution in [1.29, 1.82) is 0 Å². The highest BCUT2D eigenvalue weighted by Crippen LogP contribution is 2.18. The predicted octanol–water partition coefficient (Wildman–Crippen LogP) is 0.964. The molecule has 0 aliphatic rings. The van der Waals surface area contributed by atoms with Crippen LogP contribution in [0.2, 0.25) is 0 Å². The first-order valence-corrected chi connectivity index (χ1v) is 6.96. The van der Waals surface area contributed by atoms with E-state index in [9.17, 15) is 8.42 Å². The van der Waals surface area contributed by atoms with E-state index in [0.717, 1.165) is 11.4 Å². The maximum atomic E-state index is 11.5. The Morgan fingerprint density at radius 1 is 1.50 bits per heavy atom. The second kappa shape index (κ2) is 4.08. The van der Waals surface area contributed by atoms with Crippen molar-refractivity contribution in [2.75, 3.05) is 18.1 Å². The summed E-state index contributed by atoms with van der Waals surface area (Å²) in [4.78, 5) is 0. The van der Waals surface area contributed by atoms with E-state index in [-0.39, 0.29) is 0 Å². The zero-order valence-corrected chi connectivity index (χ0v) is 11.2. The standard InChI is InChI=1S/C10H19N3O2S/c1-8-9(6-12-13(8)4)11-7-10(2,3)16(5,14)15/h6,11H,7H2,1-5H3. The van der Waals surface area contributed by atoms with Crippen LogP contribution in [-0.4, -0.2) is 35.7 Å². The summed E-state index contributed by atoms with van der Waals surface area (Å²) < 4.78 is 24.0. The fraction of sp³-hybridized carbons (Fsp3) is 0.700. The monoisotopic (exact) mass is 245 g/mol. The third kappa shape index (κ3) is 2.55. The summed E-state index contributed by atoms with van der Waals surface area (Å²) in [6.45, 7) is 5.73. The van der Waals surface area contributed by atoms with Crippen LogP contribution in [0.5, 0.6) is 0 Å². The molecule has 5 nitrogen and oxygen atoms in total. The molecule has 1 aromatic rings. The van der Waals surface area contributed by atoms with E-state index >= 15 is 0 Å². The van der Waals surface area contributed by atoms with Crippen molar-refractivity contribution < 1.29 is 8.42 Å². The molecule has 0 aromatic carbocycles. The van der Waals surface area contributed by atoms with Crippen molar-refractivity contribution in [3.63, 3.8) is 0 Å². The number of aryl methyl sites for hydroxylation is 1.